The zero-order valence-corrected chi connectivity index (χ0v) is 54.7. The Hall–Kier alpha value is -3.93. The molecule has 0 spiro atoms. The molecule has 0 aliphatic carbocycles. The molecule has 6 heteroatoms. The Kier molecular flexibility index (Phi) is 67.2. The number of ether oxygens (including phenoxy) is 3. The van der Waals surface area contributed by atoms with Gasteiger partial charge in [0.2, 0.25) is 0 Å². The van der Waals surface area contributed by atoms with Gasteiger partial charge in [-0.2, -0.15) is 0 Å². The summed E-state index contributed by atoms with van der Waals surface area (Å²) >= 11 is 0. The van der Waals surface area contributed by atoms with Gasteiger partial charge in [-0.3, -0.25) is 14.4 Å². The number of unbranched alkanes of at least 4 members (excludes halogenated alkanes) is 35. The summed E-state index contributed by atoms with van der Waals surface area (Å²) in [7, 11) is 0. The van der Waals surface area contributed by atoms with Crippen molar-refractivity contribution >= 4 is 17.9 Å². The van der Waals surface area contributed by atoms with E-state index >= 15 is 0 Å². The molecule has 0 amide bonds. The fraction of sp³-hybridized carbons (Fsp3) is 0.727. The number of rotatable bonds is 64. The summed E-state index contributed by atoms with van der Waals surface area (Å²) in [5.41, 5.74) is 0. The maximum atomic E-state index is 13.0. The van der Waals surface area contributed by atoms with E-state index in [9.17, 15) is 14.4 Å². The average molecular weight is 1150 g/mol. The van der Waals surface area contributed by atoms with E-state index in [1.54, 1.807) is 0 Å². The third-order valence-corrected chi connectivity index (χ3v) is 15.3. The summed E-state index contributed by atoms with van der Waals surface area (Å²) in [6, 6.07) is 0. The molecule has 0 radical (unpaired) electrons. The zero-order chi connectivity index (χ0) is 59.9. The van der Waals surface area contributed by atoms with Crippen LogP contribution in [0.2, 0.25) is 0 Å². The Morgan fingerprint density at radius 1 is 0.253 bits per heavy atom. The van der Waals surface area contributed by atoms with Crippen LogP contribution in [0.5, 0.6) is 0 Å². The first-order chi connectivity index (χ1) is 41.0. The second kappa shape index (κ2) is 70.6. The van der Waals surface area contributed by atoms with Gasteiger partial charge < -0.3 is 14.2 Å². The van der Waals surface area contributed by atoms with Gasteiger partial charge in [-0.05, 0) is 109 Å². The molecule has 0 heterocycles. The van der Waals surface area contributed by atoms with Crippen molar-refractivity contribution in [2.24, 2.45) is 0 Å². The molecular weight excluding hydrogens is 1020 g/mol. The van der Waals surface area contributed by atoms with Crippen LogP contribution in [0.3, 0.4) is 0 Å². The summed E-state index contributed by atoms with van der Waals surface area (Å²) in [6.45, 7) is 6.53. The van der Waals surface area contributed by atoms with Crippen LogP contribution in [-0.4, -0.2) is 37.2 Å². The second-order valence-corrected chi connectivity index (χ2v) is 23.4. The summed E-state index contributed by atoms with van der Waals surface area (Å²) in [4.78, 5) is 38.4. The first-order valence-corrected chi connectivity index (χ1v) is 35.4. The van der Waals surface area contributed by atoms with Gasteiger partial charge >= 0.3 is 17.9 Å². The molecule has 0 aromatic carbocycles. The highest BCUT2D eigenvalue weighted by Gasteiger charge is 2.19. The van der Waals surface area contributed by atoms with Crippen LogP contribution in [0.4, 0.5) is 0 Å². The predicted molar refractivity (Wildman–Crippen MR) is 362 cm³/mol. The van der Waals surface area contributed by atoms with E-state index in [2.05, 4.69) is 130 Å². The van der Waals surface area contributed by atoms with Crippen LogP contribution < -0.4 is 0 Å². The van der Waals surface area contributed by atoms with Gasteiger partial charge in [-0.15, -0.1) is 0 Å². The first-order valence-electron chi connectivity index (χ1n) is 35.4. The molecule has 0 aliphatic heterocycles. The predicted octanol–water partition coefficient (Wildman–Crippen LogP) is 24.6. The average Bonchev–Trinajstić information content (AvgIpc) is 3.48. The largest absolute Gasteiger partial charge is 0.462 e. The van der Waals surface area contributed by atoms with E-state index in [1.165, 1.54) is 186 Å². The van der Waals surface area contributed by atoms with Crippen molar-refractivity contribution < 1.29 is 28.6 Å². The van der Waals surface area contributed by atoms with Crippen LogP contribution in [-0.2, 0) is 28.6 Å². The summed E-state index contributed by atoms with van der Waals surface area (Å²) in [5.74, 6) is -0.877. The quantitative estimate of drug-likeness (QED) is 0.0261. The normalized spacial score (nSPS) is 12.8. The van der Waals surface area contributed by atoms with Crippen LogP contribution in [0.1, 0.15) is 342 Å². The Morgan fingerprint density at radius 2 is 0.470 bits per heavy atom. The van der Waals surface area contributed by atoms with Crippen molar-refractivity contribution in [1.82, 2.24) is 0 Å². The molecule has 6 nitrogen and oxygen atoms in total. The minimum atomic E-state index is -0.784. The van der Waals surface area contributed by atoms with Crippen molar-refractivity contribution in [2.45, 2.75) is 348 Å². The van der Waals surface area contributed by atoms with Crippen LogP contribution in [0, 0.1) is 0 Å². The van der Waals surface area contributed by atoms with E-state index in [-0.39, 0.29) is 31.1 Å². The number of esters is 3. The van der Waals surface area contributed by atoms with Crippen molar-refractivity contribution in [3.05, 3.63) is 109 Å². The van der Waals surface area contributed by atoms with Crippen LogP contribution in [0.15, 0.2) is 109 Å². The highest BCUT2D eigenvalue weighted by atomic mass is 16.6. The first kappa shape index (κ1) is 79.1. The Morgan fingerprint density at radius 3 is 0.735 bits per heavy atom. The minimum absolute atomic E-state index is 0.0788. The lowest BCUT2D eigenvalue weighted by Crippen LogP contribution is -2.30. The second-order valence-electron chi connectivity index (χ2n) is 23.4. The number of hydrogen-bond donors (Lipinski definition) is 0. The molecule has 0 N–H and O–H groups in total. The van der Waals surface area contributed by atoms with Crippen molar-refractivity contribution in [1.29, 1.82) is 0 Å². The van der Waals surface area contributed by atoms with Gasteiger partial charge in [0.25, 0.3) is 0 Å². The lowest BCUT2D eigenvalue weighted by molar-refractivity contribution is -0.167. The molecule has 0 saturated carbocycles. The Balaban J connectivity index is 4.27. The topological polar surface area (TPSA) is 78.9 Å². The molecule has 476 valence electrons. The molecule has 0 fully saturated rings. The maximum Gasteiger partial charge on any atom is 0.306 e. The van der Waals surface area contributed by atoms with Crippen molar-refractivity contribution in [2.75, 3.05) is 13.2 Å². The number of allylic oxidation sites excluding steroid dienone is 18. The molecule has 1 atom stereocenters. The summed E-state index contributed by atoms with van der Waals surface area (Å²) in [5, 5.41) is 0. The van der Waals surface area contributed by atoms with E-state index in [0.717, 1.165) is 116 Å². The van der Waals surface area contributed by atoms with Crippen LogP contribution >= 0.6 is 0 Å². The Bertz CT molecular complexity index is 1660. The Labute approximate surface area is 514 Å². The van der Waals surface area contributed by atoms with Gasteiger partial charge in [0, 0.05) is 19.3 Å². The minimum Gasteiger partial charge on any atom is -0.462 e. The number of carbonyl (C=O) groups excluding carboxylic acids is 3. The SMILES string of the molecule is CC/C=C\C/C=C\C/C=C\C/C=C\C/C=C\C/C=C\CCCCCCCCCCC(=O)OCC(COC(=O)CCCCCCCCCCCCC)OC(=O)CCCCCCCCCCCCCC/C=C\C/C=C\C/C=C\CCCCCCC. The number of carbonyl (C=O) groups is 3. The van der Waals surface area contributed by atoms with E-state index < -0.39 is 6.10 Å². The zero-order valence-electron chi connectivity index (χ0n) is 54.7. The highest BCUT2D eigenvalue weighted by molar-refractivity contribution is 5.71. The molecule has 0 bridgehead atoms. The van der Waals surface area contributed by atoms with E-state index in [0.29, 0.717) is 19.3 Å². The third-order valence-electron chi connectivity index (χ3n) is 15.3. The summed E-state index contributed by atoms with van der Waals surface area (Å²) in [6.07, 6.45) is 96.8. The molecule has 1 unspecified atom stereocenters. The van der Waals surface area contributed by atoms with Crippen molar-refractivity contribution in [3.63, 3.8) is 0 Å². The van der Waals surface area contributed by atoms with E-state index in [4.69, 9.17) is 14.2 Å². The van der Waals surface area contributed by atoms with Gasteiger partial charge in [0.15, 0.2) is 6.10 Å². The van der Waals surface area contributed by atoms with Gasteiger partial charge in [-0.25, -0.2) is 0 Å². The van der Waals surface area contributed by atoms with Crippen molar-refractivity contribution in [3.8, 4) is 0 Å². The van der Waals surface area contributed by atoms with Gasteiger partial charge in [-0.1, -0.05) is 323 Å². The lowest BCUT2D eigenvalue weighted by Gasteiger charge is -2.18. The molecule has 0 aliphatic rings. The molecule has 0 saturated heterocycles. The lowest BCUT2D eigenvalue weighted by atomic mass is 10.0. The third kappa shape index (κ3) is 68.7. The fourth-order valence-electron chi connectivity index (χ4n) is 9.99. The molecule has 83 heavy (non-hydrogen) atoms. The fourth-order valence-corrected chi connectivity index (χ4v) is 9.99. The monoisotopic (exact) mass is 1150 g/mol. The van der Waals surface area contributed by atoms with Gasteiger partial charge in [0.1, 0.15) is 13.2 Å². The van der Waals surface area contributed by atoms with Crippen LogP contribution in [0.25, 0.3) is 0 Å². The maximum absolute atomic E-state index is 13.0. The molecule has 0 aromatic rings. The highest BCUT2D eigenvalue weighted by Crippen LogP contribution is 2.17. The van der Waals surface area contributed by atoms with Gasteiger partial charge in [0.05, 0.1) is 0 Å². The molecule has 0 aromatic heterocycles. The van der Waals surface area contributed by atoms with E-state index in [1.807, 2.05) is 0 Å². The standard InChI is InChI=1S/C77H132O6/c1-4-7-10-13-16-19-22-24-26-28-30-32-34-36-38-40-42-44-46-48-50-52-55-58-61-64-67-70-76(79)82-73-74(72-81-75(78)69-66-63-60-57-54-21-18-15-12-9-6-3)83-77(80)71-68-65-62-59-56-53-51-49-47-45-43-41-39-37-35-33-31-29-27-25-23-20-17-14-11-8-5-2/h7,10,16,19,23-26,29-32,35-38,42,44,74H,4-6,8-9,11-15,17-18,20-22,27-28,33-34,39-41,43,45-73H2,1-3H3/b10-7-,19-16-,25-23-,26-24-,31-29-,32-30-,37-35-,38-36-,44-42-. The molecule has 0 rings (SSSR count). The molecular formula is C77H132O6. The number of hydrogen-bond acceptors (Lipinski definition) is 6. The smallest absolute Gasteiger partial charge is 0.306 e. The summed E-state index contributed by atoms with van der Waals surface area (Å²) < 4.78 is 17.0.